The molecule has 0 saturated heterocycles. The Labute approximate surface area is 155 Å². The van der Waals surface area contributed by atoms with Crippen LogP contribution in [0.2, 0.25) is 0 Å². The average Bonchev–Trinajstić information content (AvgIpc) is 3.34. The molecule has 3 rings (SSSR count). The quantitative estimate of drug-likeness (QED) is 0.647. The summed E-state index contributed by atoms with van der Waals surface area (Å²) in [5.74, 6) is 0.269. The van der Waals surface area contributed by atoms with Crippen LogP contribution in [0.5, 0.6) is 0 Å². The number of imidazole rings is 1. The van der Waals surface area contributed by atoms with Crippen molar-refractivity contribution in [1.29, 1.82) is 15.9 Å². The van der Waals surface area contributed by atoms with E-state index in [0.717, 1.165) is 5.56 Å². The smallest absolute Gasteiger partial charge is 0.149 e. The number of nitriles is 2. The molecule has 0 fully saturated rings. The Hall–Kier alpha value is -3.85. The van der Waals surface area contributed by atoms with Gasteiger partial charge in [0, 0.05) is 44.1 Å². The van der Waals surface area contributed by atoms with Crippen molar-refractivity contribution in [3.8, 4) is 23.5 Å². The predicted molar refractivity (Wildman–Crippen MR) is 99.6 cm³/mol. The van der Waals surface area contributed by atoms with Crippen LogP contribution >= 0.6 is 0 Å². The van der Waals surface area contributed by atoms with Gasteiger partial charge in [0.2, 0.25) is 0 Å². The highest BCUT2D eigenvalue weighted by Gasteiger charge is 2.17. The number of fused-ring (bicyclic) bond motifs is 1. The minimum absolute atomic E-state index is 0.200. The molecule has 3 aromatic rings. The molecule has 0 radical (unpaired) electrons. The van der Waals surface area contributed by atoms with E-state index in [1.165, 1.54) is 6.21 Å². The molecule has 0 bridgehead atoms. The average molecular weight is 359 g/mol. The van der Waals surface area contributed by atoms with E-state index in [-0.39, 0.29) is 24.8 Å². The monoisotopic (exact) mass is 359 g/mol. The summed E-state index contributed by atoms with van der Waals surface area (Å²) in [5.41, 5.74) is 2.09. The Balaban J connectivity index is 2.09. The Morgan fingerprint density at radius 3 is 2.78 bits per heavy atom. The van der Waals surface area contributed by atoms with Crippen LogP contribution in [0.1, 0.15) is 30.5 Å². The number of hydrogen-bond donors (Lipinski definition) is 1. The highest BCUT2D eigenvalue weighted by molar-refractivity contribution is 5.88. The van der Waals surface area contributed by atoms with Crippen molar-refractivity contribution < 1.29 is 0 Å². The normalized spacial score (nSPS) is 12.3. The summed E-state index contributed by atoms with van der Waals surface area (Å²) in [6.45, 7) is 0. The van der Waals surface area contributed by atoms with Crippen molar-refractivity contribution in [1.82, 2.24) is 24.1 Å². The molecule has 0 amide bonds. The Kier molecular flexibility index (Phi) is 5.33. The SMILES string of the molecule is CN=CC(C=N)c1cc2nccn2c(-c2cnn(C(CC#N)CC#N)c2)n1. The van der Waals surface area contributed by atoms with E-state index in [4.69, 9.17) is 20.9 Å². The lowest BCUT2D eigenvalue weighted by Gasteiger charge is -2.11. The van der Waals surface area contributed by atoms with Crippen LogP contribution in [0.15, 0.2) is 35.8 Å². The van der Waals surface area contributed by atoms with E-state index >= 15 is 0 Å². The van der Waals surface area contributed by atoms with Gasteiger partial charge >= 0.3 is 0 Å². The molecular weight excluding hydrogens is 342 g/mol. The van der Waals surface area contributed by atoms with Crippen molar-refractivity contribution in [3.05, 3.63) is 36.5 Å². The third-order valence-electron chi connectivity index (χ3n) is 4.13. The molecule has 9 heteroatoms. The number of rotatable bonds is 7. The van der Waals surface area contributed by atoms with Gasteiger partial charge in [-0.05, 0) is 0 Å². The third kappa shape index (κ3) is 3.58. The second-order valence-electron chi connectivity index (χ2n) is 5.85. The minimum Gasteiger partial charge on any atom is -0.312 e. The van der Waals surface area contributed by atoms with Gasteiger partial charge in [-0.25, -0.2) is 9.97 Å². The van der Waals surface area contributed by atoms with Gasteiger partial charge in [0.25, 0.3) is 0 Å². The number of aromatic nitrogens is 5. The number of hydrogen-bond acceptors (Lipinski definition) is 7. The zero-order valence-electron chi connectivity index (χ0n) is 14.7. The molecule has 0 aromatic carbocycles. The Morgan fingerprint density at radius 2 is 2.11 bits per heavy atom. The predicted octanol–water partition coefficient (Wildman–Crippen LogP) is 2.40. The topological polar surface area (TPSA) is 132 Å². The summed E-state index contributed by atoms with van der Waals surface area (Å²) in [6, 6.07) is 5.69. The van der Waals surface area contributed by atoms with Crippen molar-refractivity contribution in [3.63, 3.8) is 0 Å². The van der Waals surface area contributed by atoms with Gasteiger partial charge in [0.05, 0.1) is 54.4 Å². The molecule has 9 nitrogen and oxygen atoms in total. The summed E-state index contributed by atoms with van der Waals surface area (Å²) >= 11 is 0. The van der Waals surface area contributed by atoms with E-state index < -0.39 is 0 Å². The van der Waals surface area contributed by atoms with Crippen LogP contribution in [0.3, 0.4) is 0 Å². The molecule has 0 spiro atoms. The zero-order valence-corrected chi connectivity index (χ0v) is 14.7. The molecule has 1 atom stereocenters. The molecule has 134 valence electrons. The number of nitrogens with zero attached hydrogens (tertiary/aromatic N) is 8. The fourth-order valence-corrected chi connectivity index (χ4v) is 2.80. The maximum atomic E-state index is 8.98. The summed E-state index contributed by atoms with van der Waals surface area (Å²) in [6.07, 6.45) is 10.2. The first-order chi connectivity index (χ1) is 13.2. The lowest BCUT2D eigenvalue weighted by Crippen LogP contribution is -2.09. The summed E-state index contributed by atoms with van der Waals surface area (Å²) in [7, 11) is 1.65. The van der Waals surface area contributed by atoms with E-state index in [9.17, 15) is 0 Å². The van der Waals surface area contributed by atoms with Gasteiger partial charge in [-0.3, -0.25) is 14.1 Å². The molecule has 1 N–H and O–H groups in total. The minimum atomic E-state index is -0.351. The van der Waals surface area contributed by atoms with E-state index in [1.807, 2.05) is 10.5 Å². The van der Waals surface area contributed by atoms with Gasteiger partial charge in [0.15, 0.2) is 0 Å². The molecule has 0 aliphatic carbocycles. The van der Waals surface area contributed by atoms with Crippen LogP contribution in [0.25, 0.3) is 17.0 Å². The van der Waals surface area contributed by atoms with E-state index in [2.05, 4.69) is 27.2 Å². The third-order valence-corrected chi connectivity index (χ3v) is 4.13. The van der Waals surface area contributed by atoms with Gasteiger partial charge < -0.3 is 5.41 Å². The van der Waals surface area contributed by atoms with Gasteiger partial charge in [-0.2, -0.15) is 15.6 Å². The summed E-state index contributed by atoms with van der Waals surface area (Å²) in [5, 5.41) is 29.9. The highest BCUT2D eigenvalue weighted by atomic mass is 15.3. The Morgan fingerprint density at radius 1 is 1.33 bits per heavy atom. The van der Waals surface area contributed by atoms with Crippen LogP contribution in [0.4, 0.5) is 0 Å². The largest absolute Gasteiger partial charge is 0.312 e. The number of nitrogens with one attached hydrogen (secondary N) is 1. The van der Waals surface area contributed by atoms with Crippen LogP contribution in [0, 0.1) is 28.1 Å². The van der Waals surface area contributed by atoms with Gasteiger partial charge in [0.1, 0.15) is 11.5 Å². The van der Waals surface area contributed by atoms with Gasteiger partial charge in [-0.1, -0.05) is 0 Å². The maximum Gasteiger partial charge on any atom is 0.149 e. The highest BCUT2D eigenvalue weighted by Crippen LogP contribution is 2.24. The summed E-state index contributed by atoms with van der Waals surface area (Å²) in [4.78, 5) is 13.0. The standard InChI is InChI=1S/C18H17N9/c1-22-10-13(9-21)16-8-17-23-6-7-26(17)18(25-16)14-11-24-27(12-14)15(2-4-19)3-5-20/h6-13,15,21H,2-3H2,1H3. The first-order valence-electron chi connectivity index (χ1n) is 8.27. The molecule has 0 aliphatic rings. The molecule has 3 heterocycles. The first-order valence-corrected chi connectivity index (χ1v) is 8.27. The van der Waals surface area contributed by atoms with Crippen molar-refractivity contribution >= 4 is 18.1 Å². The Bertz CT molecular complexity index is 1040. The second kappa shape index (κ2) is 8.02. The molecular formula is C18H17N9. The van der Waals surface area contributed by atoms with Crippen LogP contribution in [-0.4, -0.2) is 43.6 Å². The van der Waals surface area contributed by atoms with Crippen molar-refractivity contribution in [2.24, 2.45) is 4.99 Å². The van der Waals surface area contributed by atoms with E-state index in [0.29, 0.717) is 17.2 Å². The lowest BCUT2D eigenvalue weighted by molar-refractivity contribution is 0.470. The lowest BCUT2D eigenvalue weighted by atomic mass is 10.1. The van der Waals surface area contributed by atoms with Crippen LogP contribution in [-0.2, 0) is 0 Å². The van der Waals surface area contributed by atoms with Crippen LogP contribution < -0.4 is 0 Å². The molecule has 0 aliphatic heterocycles. The van der Waals surface area contributed by atoms with Gasteiger partial charge in [-0.15, -0.1) is 0 Å². The zero-order chi connectivity index (χ0) is 19.2. The fraction of sp³-hybridized carbons (Fsp3) is 0.278. The molecule has 3 aromatic heterocycles. The molecule has 0 saturated carbocycles. The molecule has 1 unspecified atom stereocenters. The maximum absolute atomic E-state index is 8.98. The molecule has 27 heavy (non-hydrogen) atoms. The fourth-order valence-electron chi connectivity index (χ4n) is 2.80. The van der Waals surface area contributed by atoms with E-state index in [1.54, 1.807) is 42.7 Å². The number of aliphatic imine (C=N–C) groups is 1. The van der Waals surface area contributed by atoms with Crippen molar-refractivity contribution in [2.45, 2.75) is 24.8 Å². The first kappa shape index (κ1) is 18.0. The summed E-state index contributed by atoms with van der Waals surface area (Å²) < 4.78 is 3.46. The second-order valence-corrected chi connectivity index (χ2v) is 5.85. The van der Waals surface area contributed by atoms with Crippen molar-refractivity contribution in [2.75, 3.05) is 7.05 Å².